The van der Waals surface area contributed by atoms with Crippen LogP contribution in [-0.2, 0) is 0 Å². The number of anilines is 1. The highest BCUT2D eigenvalue weighted by atomic mass is 16.2. The molecule has 0 bridgehead atoms. The Morgan fingerprint density at radius 2 is 2.06 bits per heavy atom. The van der Waals surface area contributed by atoms with E-state index in [1.807, 2.05) is 36.2 Å². The van der Waals surface area contributed by atoms with Gasteiger partial charge in [-0.2, -0.15) is 0 Å². The van der Waals surface area contributed by atoms with Crippen LogP contribution in [0.15, 0.2) is 24.3 Å². The van der Waals surface area contributed by atoms with Crippen LogP contribution in [0.5, 0.6) is 0 Å². The fourth-order valence-corrected chi connectivity index (χ4v) is 2.52. The van der Waals surface area contributed by atoms with Gasteiger partial charge in [-0.15, -0.1) is 0 Å². The number of para-hydroxylation sites is 1. The Balaban J connectivity index is 2.15. The Kier molecular flexibility index (Phi) is 4.24. The van der Waals surface area contributed by atoms with E-state index in [0.717, 1.165) is 43.1 Å². The molecule has 0 spiro atoms. The molecule has 1 heterocycles. The zero-order valence-electron chi connectivity index (χ0n) is 11.3. The number of hydrogen-bond acceptors (Lipinski definition) is 2. The van der Waals surface area contributed by atoms with Crippen LogP contribution in [0.2, 0.25) is 0 Å². The molecule has 98 valence electrons. The molecule has 18 heavy (non-hydrogen) atoms. The topological polar surface area (TPSA) is 32.3 Å². The van der Waals surface area contributed by atoms with Crippen LogP contribution in [0, 0.1) is 5.92 Å². The molecule has 1 unspecified atom stereocenters. The van der Waals surface area contributed by atoms with E-state index in [1.54, 1.807) is 0 Å². The first-order valence-corrected chi connectivity index (χ1v) is 6.78. The Hall–Kier alpha value is -1.51. The summed E-state index contributed by atoms with van der Waals surface area (Å²) < 4.78 is 0. The molecule has 0 aliphatic carbocycles. The molecule has 1 aliphatic heterocycles. The van der Waals surface area contributed by atoms with Gasteiger partial charge in [-0.1, -0.05) is 19.1 Å². The third-order valence-corrected chi connectivity index (χ3v) is 3.73. The summed E-state index contributed by atoms with van der Waals surface area (Å²) in [6.45, 7) is 4.05. The molecular weight excluding hydrogens is 224 g/mol. The van der Waals surface area contributed by atoms with E-state index >= 15 is 0 Å². The fraction of sp³-hybridized carbons (Fsp3) is 0.533. The number of nitrogens with zero attached hydrogens (tertiary/aromatic N) is 1. The van der Waals surface area contributed by atoms with Gasteiger partial charge >= 0.3 is 0 Å². The largest absolute Gasteiger partial charge is 0.387 e. The minimum absolute atomic E-state index is 0.161. The summed E-state index contributed by atoms with van der Waals surface area (Å²) >= 11 is 0. The average molecular weight is 246 g/mol. The van der Waals surface area contributed by atoms with Crippen LogP contribution >= 0.6 is 0 Å². The lowest BCUT2D eigenvalue weighted by Crippen LogP contribution is -2.32. The van der Waals surface area contributed by atoms with Crippen molar-refractivity contribution in [1.82, 2.24) is 4.90 Å². The minimum Gasteiger partial charge on any atom is -0.387 e. The van der Waals surface area contributed by atoms with E-state index in [2.05, 4.69) is 12.2 Å². The number of rotatable bonds is 2. The predicted octanol–water partition coefficient (Wildman–Crippen LogP) is 2.99. The van der Waals surface area contributed by atoms with Crippen LogP contribution in [0.3, 0.4) is 0 Å². The number of benzene rings is 1. The second-order valence-corrected chi connectivity index (χ2v) is 5.12. The van der Waals surface area contributed by atoms with Gasteiger partial charge in [0.15, 0.2) is 0 Å². The second-order valence-electron chi connectivity index (χ2n) is 5.12. The van der Waals surface area contributed by atoms with Gasteiger partial charge in [0, 0.05) is 25.8 Å². The highest BCUT2D eigenvalue weighted by Crippen LogP contribution is 2.21. The average Bonchev–Trinajstić information content (AvgIpc) is 2.62. The molecule has 0 saturated carbocycles. The van der Waals surface area contributed by atoms with Gasteiger partial charge in [-0.3, -0.25) is 4.79 Å². The molecule has 1 amide bonds. The fourth-order valence-electron chi connectivity index (χ4n) is 2.52. The number of likely N-dealkylation sites (tertiary alicyclic amines) is 1. The van der Waals surface area contributed by atoms with E-state index in [0.29, 0.717) is 0 Å². The molecular formula is C15H22N2O. The molecule has 3 nitrogen and oxygen atoms in total. The van der Waals surface area contributed by atoms with E-state index in [1.165, 1.54) is 6.42 Å². The molecule has 1 N–H and O–H groups in total. The number of carbonyl (C=O) groups excluding carboxylic acids is 1. The van der Waals surface area contributed by atoms with Crippen molar-refractivity contribution in [2.75, 3.05) is 25.5 Å². The van der Waals surface area contributed by atoms with Crippen LogP contribution < -0.4 is 5.32 Å². The molecule has 0 radical (unpaired) electrons. The molecule has 0 aromatic heterocycles. The van der Waals surface area contributed by atoms with E-state index in [-0.39, 0.29) is 5.91 Å². The van der Waals surface area contributed by atoms with Crippen LogP contribution in [0.1, 0.15) is 36.5 Å². The SMILES string of the molecule is CNc1ccccc1C(=O)N1CCCC(C)CC1. The van der Waals surface area contributed by atoms with Crippen molar-refractivity contribution < 1.29 is 4.79 Å². The van der Waals surface area contributed by atoms with Crippen molar-refractivity contribution in [2.45, 2.75) is 26.2 Å². The smallest absolute Gasteiger partial charge is 0.255 e. The first kappa shape index (κ1) is 12.9. The number of hydrogen-bond donors (Lipinski definition) is 1. The molecule has 1 atom stereocenters. The van der Waals surface area contributed by atoms with Gasteiger partial charge in [0.1, 0.15) is 0 Å². The number of carbonyl (C=O) groups is 1. The van der Waals surface area contributed by atoms with Gasteiger partial charge in [0.05, 0.1) is 5.56 Å². The molecule has 1 aromatic rings. The van der Waals surface area contributed by atoms with Crippen molar-refractivity contribution in [2.24, 2.45) is 5.92 Å². The summed E-state index contributed by atoms with van der Waals surface area (Å²) in [4.78, 5) is 14.5. The summed E-state index contributed by atoms with van der Waals surface area (Å²) in [6, 6.07) is 7.73. The predicted molar refractivity (Wildman–Crippen MR) is 74.9 cm³/mol. The molecule has 3 heteroatoms. The summed E-state index contributed by atoms with van der Waals surface area (Å²) in [5, 5.41) is 3.09. The third-order valence-electron chi connectivity index (χ3n) is 3.73. The Labute approximate surface area is 109 Å². The van der Waals surface area contributed by atoms with Gasteiger partial charge in [-0.05, 0) is 37.3 Å². The maximum atomic E-state index is 12.5. The highest BCUT2D eigenvalue weighted by molar-refractivity contribution is 5.99. The third kappa shape index (κ3) is 2.84. The highest BCUT2D eigenvalue weighted by Gasteiger charge is 2.21. The Bertz CT molecular complexity index is 417. The van der Waals surface area contributed by atoms with Crippen LogP contribution in [0.4, 0.5) is 5.69 Å². The summed E-state index contributed by atoms with van der Waals surface area (Å²) in [5.74, 6) is 0.899. The monoisotopic (exact) mass is 246 g/mol. The van der Waals surface area contributed by atoms with Crippen molar-refractivity contribution in [3.05, 3.63) is 29.8 Å². The Morgan fingerprint density at radius 1 is 1.28 bits per heavy atom. The maximum Gasteiger partial charge on any atom is 0.255 e. The normalized spacial score (nSPS) is 20.3. The quantitative estimate of drug-likeness (QED) is 0.870. The van der Waals surface area contributed by atoms with Gasteiger partial charge < -0.3 is 10.2 Å². The number of nitrogens with one attached hydrogen (secondary N) is 1. The van der Waals surface area contributed by atoms with Gasteiger partial charge in [0.25, 0.3) is 5.91 Å². The summed E-state index contributed by atoms with van der Waals surface area (Å²) in [6.07, 6.45) is 3.47. The minimum atomic E-state index is 0.161. The molecule has 1 fully saturated rings. The standard InChI is InChI=1S/C15H22N2O/c1-12-6-5-10-17(11-9-12)15(18)13-7-3-4-8-14(13)16-2/h3-4,7-8,12,16H,5-6,9-11H2,1-2H3. The summed E-state index contributed by atoms with van der Waals surface area (Å²) in [7, 11) is 1.86. The van der Waals surface area contributed by atoms with Gasteiger partial charge in [-0.25, -0.2) is 0 Å². The lowest BCUT2D eigenvalue weighted by atomic mass is 10.0. The van der Waals surface area contributed by atoms with E-state index in [9.17, 15) is 4.79 Å². The molecule has 1 aromatic carbocycles. The molecule has 2 rings (SSSR count). The Morgan fingerprint density at radius 3 is 2.83 bits per heavy atom. The molecule has 1 aliphatic rings. The van der Waals surface area contributed by atoms with Gasteiger partial charge in [0.2, 0.25) is 0 Å². The second kappa shape index (κ2) is 5.89. The zero-order chi connectivity index (χ0) is 13.0. The van der Waals surface area contributed by atoms with Crippen molar-refractivity contribution in [1.29, 1.82) is 0 Å². The first-order valence-electron chi connectivity index (χ1n) is 6.78. The lowest BCUT2D eigenvalue weighted by molar-refractivity contribution is 0.0761. The lowest BCUT2D eigenvalue weighted by Gasteiger charge is -2.21. The maximum absolute atomic E-state index is 12.5. The van der Waals surface area contributed by atoms with Crippen molar-refractivity contribution in [3.8, 4) is 0 Å². The van der Waals surface area contributed by atoms with E-state index in [4.69, 9.17) is 0 Å². The number of amides is 1. The van der Waals surface area contributed by atoms with Crippen molar-refractivity contribution in [3.63, 3.8) is 0 Å². The van der Waals surface area contributed by atoms with Crippen molar-refractivity contribution >= 4 is 11.6 Å². The molecule has 1 saturated heterocycles. The van der Waals surface area contributed by atoms with E-state index < -0.39 is 0 Å². The van der Waals surface area contributed by atoms with Crippen LogP contribution in [-0.4, -0.2) is 30.9 Å². The first-order chi connectivity index (χ1) is 8.72. The van der Waals surface area contributed by atoms with Crippen LogP contribution in [0.25, 0.3) is 0 Å². The summed E-state index contributed by atoms with van der Waals surface area (Å²) in [5.41, 5.74) is 1.70. The zero-order valence-corrected chi connectivity index (χ0v) is 11.3.